The molecule has 0 saturated heterocycles. The fourth-order valence-corrected chi connectivity index (χ4v) is 8.62. The summed E-state index contributed by atoms with van der Waals surface area (Å²) in [5.41, 5.74) is 0. The van der Waals surface area contributed by atoms with E-state index in [9.17, 15) is 14.4 Å². The Morgan fingerprint density at radius 1 is 0.258 bits per heavy atom. The monoisotopic (exact) mass is 877 g/mol. The lowest BCUT2D eigenvalue weighted by Gasteiger charge is -2.18. The van der Waals surface area contributed by atoms with E-state index in [2.05, 4.69) is 20.8 Å². The van der Waals surface area contributed by atoms with Crippen LogP contribution in [0.25, 0.3) is 0 Å². The molecule has 0 saturated carbocycles. The van der Waals surface area contributed by atoms with Crippen molar-refractivity contribution in [3.05, 3.63) is 0 Å². The molecule has 0 aliphatic heterocycles. The minimum Gasteiger partial charge on any atom is -0.462 e. The summed E-state index contributed by atoms with van der Waals surface area (Å²) in [5, 5.41) is 0. The molecule has 6 nitrogen and oxygen atoms in total. The Morgan fingerprint density at radius 2 is 0.435 bits per heavy atom. The summed E-state index contributed by atoms with van der Waals surface area (Å²) < 4.78 is 16.7. The van der Waals surface area contributed by atoms with Gasteiger partial charge < -0.3 is 14.2 Å². The van der Waals surface area contributed by atoms with E-state index in [0.29, 0.717) is 19.3 Å². The number of carbonyl (C=O) groups is 3. The first-order valence-corrected chi connectivity index (χ1v) is 28.0. The molecule has 0 aromatic carbocycles. The van der Waals surface area contributed by atoms with E-state index in [1.54, 1.807) is 0 Å². The summed E-state index contributed by atoms with van der Waals surface area (Å²) in [6.07, 6.45) is 57.2. The van der Waals surface area contributed by atoms with Crippen LogP contribution in [0.5, 0.6) is 0 Å². The van der Waals surface area contributed by atoms with E-state index in [1.807, 2.05) is 0 Å². The second-order valence-corrected chi connectivity index (χ2v) is 19.2. The topological polar surface area (TPSA) is 78.9 Å². The zero-order valence-corrected chi connectivity index (χ0v) is 42.2. The van der Waals surface area contributed by atoms with Crippen LogP contribution in [0.4, 0.5) is 0 Å². The van der Waals surface area contributed by atoms with Crippen LogP contribution in [-0.2, 0) is 28.6 Å². The van der Waals surface area contributed by atoms with Gasteiger partial charge in [-0.15, -0.1) is 0 Å². The first-order valence-electron chi connectivity index (χ1n) is 28.0. The van der Waals surface area contributed by atoms with E-state index in [-0.39, 0.29) is 31.1 Å². The molecule has 0 rings (SSSR count). The number of hydrogen-bond acceptors (Lipinski definition) is 6. The molecule has 0 fully saturated rings. The Morgan fingerprint density at radius 3 is 0.645 bits per heavy atom. The molecule has 0 aromatic rings. The Balaban J connectivity index is 3.93. The van der Waals surface area contributed by atoms with Crippen LogP contribution >= 0.6 is 0 Å². The van der Waals surface area contributed by atoms with Crippen molar-refractivity contribution in [3.63, 3.8) is 0 Å². The lowest BCUT2D eigenvalue weighted by molar-refractivity contribution is -0.167. The van der Waals surface area contributed by atoms with Crippen molar-refractivity contribution in [2.45, 2.75) is 329 Å². The third kappa shape index (κ3) is 49.4. The standard InChI is InChI=1S/C56H108O6/c1-4-7-10-13-16-18-20-21-22-23-24-25-26-27-28-29-30-31-32-33-34-35-37-38-40-43-46-49-55(58)61-52-53(51-60-54(57)48-45-42-15-12-9-6-3)62-56(59)50-47-44-41-39-36-19-17-14-11-8-5-2/h53H,4-52H2,1-3H3. The Hall–Kier alpha value is -1.59. The predicted octanol–water partition coefficient (Wildman–Crippen LogP) is 18.4. The molecule has 368 valence electrons. The molecule has 0 spiro atoms. The van der Waals surface area contributed by atoms with Gasteiger partial charge in [-0.2, -0.15) is 0 Å². The van der Waals surface area contributed by atoms with Crippen molar-refractivity contribution in [1.29, 1.82) is 0 Å². The third-order valence-corrected chi connectivity index (χ3v) is 12.9. The van der Waals surface area contributed by atoms with Crippen LogP contribution in [0, 0.1) is 0 Å². The van der Waals surface area contributed by atoms with Crippen molar-refractivity contribution in [2.24, 2.45) is 0 Å². The molecule has 0 heterocycles. The van der Waals surface area contributed by atoms with Gasteiger partial charge in [-0.25, -0.2) is 0 Å². The van der Waals surface area contributed by atoms with E-state index >= 15 is 0 Å². The molecule has 1 atom stereocenters. The highest BCUT2D eigenvalue weighted by atomic mass is 16.6. The SMILES string of the molecule is CCCCCCCCCCCCCCCCCCCCCCCCCCCCCC(=O)OCC(COC(=O)CCCCCCCC)OC(=O)CCCCCCCCCCCCC. The molecule has 0 aliphatic carbocycles. The van der Waals surface area contributed by atoms with Gasteiger partial charge in [-0.3, -0.25) is 14.4 Å². The highest BCUT2D eigenvalue weighted by molar-refractivity contribution is 5.71. The van der Waals surface area contributed by atoms with Crippen molar-refractivity contribution >= 4 is 17.9 Å². The van der Waals surface area contributed by atoms with Crippen LogP contribution < -0.4 is 0 Å². The zero-order chi connectivity index (χ0) is 45.1. The summed E-state index contributed by atoms with van der Waals surface area (Å²) in [4.78, 5) is 37.7. The largest absolute Gasteiger partial charge is 0.462 e. The third-order valence-electron chi connectivity index (χ3n) is 12.9. The lowest BCUT2D eigenvalue weighted by atomic mass is 10.0. The van der Waals surface area contributed by atoms with Gasteiger partial charge in [0, 0.05) is 19.3 Å². The van der Waals surface area contributed by atoms with Gasteiger partial charge in [-0.05, 0) is 19.3 Å². The van der Waals surface area contributed by atoms with Gasteiger partial charge in [0.1, 0.15) is 13.2 Å². The minimum atomic E-state index is -0.758. The number of hydrogen-bond donors (Lipinski definition) is 0. The van der Waals surface area contributed by atoms with Crippen molar-refractivity contribution in [3.8, 4) is 0 Å². The van der Waals surface area contributed by atoms with E-state index < -0.39 is 6.10 Å². The molecular weight excluding hydrogens is 769 g/mol. The highest BCUT2D eigenvalue weighted by Crippen LogP contribution is 2.18. The number of unbranched alkanes of at least 4 members (excludes halogenated alkanes) is 41. The summed E-state index contributed by atoms with van der Waals surface area (Å²) in [5.74, 6) is -0.854. The summed E-state index contributed by atoms with van der Waals surface area (Å²) in [6, 6.07) is 0. The minimum absolute atomic E-state index is 0.0629. The van der Waals surface area contributed by atoms with E-state index in [4.69, 9.17) is 14.2 Å². The van der Waals surface area contributed by atoms with Gasteiger partial charge in [0.15, 0.2) is 6.10 Å². The predicted molar refractivity (Wildman–Crippen MR) is 266 cm³/mol. The summed E-state index contributed by atoms with van der Waals surface area (Å²) in [7, 11) is 0. The van der Waals surface area contributed by atoms with Crippen LogP contribution in [0.2, 0.25) is 0 Å². The average molecular weight is 877 g/mol. The number of ether oxygens (including phenoxy) is 3. The second-order valence-electron chi connectivity index (χ2n) is 19.2. The van der Waals surface area contributed by atoms with Crippen molar-refractivity contribution < 1.29 is 28.6 Å². The van der Waals surface area contributed by atoms with Crippen LogP contribution in [0.3, 0.4) is 0 Å². The summed E-state index contributed by atoms with van der Waals surface area (Å²) >= 11 is 0. The number of esters is 3. The molecule has 1 unspecified atom stereocenters. The average Bonchev–Trinajstić information content (AvgIpc) is 3.27. The first-order chi connectivity index (χ1) is 30.5. The molecule has 6 heteroatoms. The van der Waals surface area contributed by atoms with Gasteiger partial charge in [-0.1, -0.05) is 284 Å². The fourth-order valence-electron chi connectivity index (χ4n) is 8.62. The molecule has 0 bridgehead atoms. The Labute approximate surface area is 387 Å². The Kier molecular flexibility index (Phi) is 50.7. The number of rotatable bonds is 52. The maximum atomic E-state index is 12.7. The molecule has 0 aliphatic rings. The Bertz CT molecular complexity index is 920. The molecular formula is C56H108O6. The van der Waals surface area contributed by atoms with Crippen LogP contribution in [0.1, 0.15) is 323 Å². The highest BCUT2D eigenvalue weighted by Gasteiger charge is 2.19. The summed E-state index contributed by atoms with van der Waals surface area (Å²) in [6.45, 7) is 6.62. The molecule has 0 N–H and O–H groups in total. The van der Waals surface area contributed by atoms with Crippen LogP contribution in [0.15, 0.2) is 0 Å². The first kappa shape index (κ1) is 60.4. The normalized spacial score (nSPS) is 11.9. The van der Waals surface area contributed by atoms with E-state index in [0.717, 1.165) is 57.8 Å². The van der Waals surface area contributed by atoms with Gasteiger partial charge in [0.05, 0.1) is 0 Å². The second kappa shape index (κ2) is 52.0. The number of carbonyl (C=O) groups excluding carboxylic acids is 3. The quantitative estimate of drug-likeness (QED) is 0.0344. The molecule has 62 heavy (non-hydrogen) atoms. The van der Waals surface area contributed by atoms with Gasteiger partial charge in [0.2, 0.25) is 0 Å². The van der Waals surface area contributed by atoms with Crippen LogP contribution in [-0.4, -0.2) is 37.2 Å². The van der Waals surface area contributed by atoms with Crippen molar-refractivity contribution in [1.82, 2.24) is 0 Å². The van der Waals surface area contributed by atoms with Gasteiger partial charge in [0.25, 0.3) is 0 Å². The van der Waals surface area contributed by atoms with Gasteiger partial charge >= 0.3 is 17.9 Å². The lowest BCUT2D eigenvalue weighted by Crippen LogP contribution is -2.30. The molecule has 0 amide bonds. The fraction of sp³-hybridized carbons (Fsp3) is 0.946. The van der Waals surface area contributed by atoms with E-state index in [1.165, 1.54) is 225 Å². The molecule has 0 aromatic heterocycles. The smallest absolute Gasteiger partial charge is 0.306 e. The maximum absolute atomic E-state index is 12.7. The zero-order valence-electron chi connectivity index (χ0n) is 42.2. The molecule has 0 radical (unpaired) electrons. The van der Waals surface area contributed by atoms with Crippen molar-refractivity contribution in [2.75, 3.05) is 13.2 Å². The maximum Gasteiger partial charge on any atom is 0.306 e.